The van der Waals surface area contributed by atoms with Gasteiger partial charge < -0.3 is 25.0 Å². The van der Waals surface area contributed by atoms with Crippen molar-refractivity contribution >= 4 is 69.7 Å². The quantitative estimate of drug-likeness (QED) is 0.0577. The Morgan fingerprint density at radius 3 is 1.93 bits per heavy atom. The average molecular weight is 753 g/mol. The van der Waals surface area contributed by atoms with Gasteiger partial charge in [0.1, 0.15) is 0 Å². The maximum Gasteiger partial charge on any atom is 0.205 e. The molecule has 274 valence electrons. The van der Waals surface area contributed by atoms with Crippen molar-refractivity contribution in [1.82, 2.24) is 19.5 Å². The van der Waals surface area contributed by atoms with Crippen LogP contribution in [0.25, 0.3) is 86.8 Å². The van der Waals surface area contributed by atoms with Crippen LogP contribution in [0.3, 0.4) is 0 Å². The molecule has 0 saturated carbocycles. The molecule has 0 aliphatic heterocycles. The third-order valence-corrected chi connectivity index (χ3v) is 10.8. The first-order valence-electron chi connectivity index (χ1n) is 17.9. The van der Waals surface area contributed by atoms with Crippen LogP contribution in [0.5, 0.6) is 23.0 Å². The van der Waals surface area contributed by atoms with E-state index in [1.807, 2.05) is 111 Å². The van der Waals surface area contributed by atoms with Crippen molar-refractivity contribution in [2.45, 2.75) is 13.8 Å². The average Bonchev–Trinajstić information content (AvgIpc) is 3.80. The zero-order valence-corrected chi connectivity index (χ0v) is 31.4. The van der Waals surface area contributed by atoms with Gasteiger partial charge in [0.15, 0.2) is 29.0 Å². The summed E-state index contributed by atoms with van der Waals surface area (Å²) in [5.74, 6) is -0.836. The highest BCUT2D eigenvalue weighted by atomic mass is 32.1. The lowest BCUT2D eigenvalue weighted by Gasteiger charge is -2.11. The van der Waals surface area contributed by atoms with E-state index in [0.29, 0.717) is 22.9 Å². The normalized spacial score (nSPS) is 11.9. The Balaban J connectivity index is 0.00000143. The van der Waals surface area contributed by atoms with Crippen LogP contribution < -0.4 is 0 Å². The Hall–Kier alpha value is -7.23. The Morgan fingerprint density at radius 1 is 0.607 bits per heavy atom. The van der Waals surface area contributed by atoms with E-state index in [1.54, 1.807) is 12.2 Å². The summed E-state index contributed by atoms with van der Waals surface area (Å²) in [6.45, 7) is 11.2. The van der Waals surface area contributed by atoms with Gasteiger partial charge >= 0.3 is 0 Å². The Kier molecular flexibility index (Phi) is 9.29. The lowest BCUT2D eigenvalue weighted by Crippen LogP contribution is -2.02. The summed E-state index contributed by atoms with van der Waals surface area (Å²) in [5.41, 5.74) is 5.25. The van der Waals surface area contributed by atoms with Gasteiger partial charge in [-0.05, 0) is 61.0 Å². The molecule has 0 saturated heterocycles. The largest absolute Gasteiger partial charge is 0.504 e. The van der Waals surface area contributed by atoms with E-state index >= 15 is 0 Å². The molecule has 0 amide bonds. The minimum absolute atomic E-state index is 0.289. The molecule has 3 aromatic heterocycles. The Bertz CT molecular complexity index is 3070. The number of benzene rings is 6. The van der Waals surface area contributed by atoms with E-state index in [2.05, 4.69) is 42.0 Å². The number of aromatic hydroxyl groups is 4. The fourth-order valence-corrected chi connectivity index (χ4v) is 8.39. The topological polar surface area (TPSA) is 125 Å². The lowest BCUT2D eigenvalue weighted by atomic mass is 10.0. The van der Waals surface area contributed by atoms with Crippen molar-refractivity contribution in [2.24, 2.45) is 0 Å². The molecule has 9 heteroatoms. The summed E-state index contributed by atoms with van der Waals surface area (Å²) in [7, 11) is 0. The first-order chi connectivity index (χ1) is 27.3. The van der Waals surface area contributed by atoms with Crippen molar-refractivity contribution in [3.8, 4) is 51.5 Å². The van der Waals surface area contributed by atoms with Crippen molar-refractivity contribution < 1.29 is 20.4 Å². The molecule has 0 fully saturated rings. The van der Waals surface area contributed by atoms with E-state index in [9.17, 15) is 20.4 Å². The van der Waals surface area contributed by atoms with Crippen molar-refractivity contribution in [3.63, 3.8) is 0 Å². The van der Waals surface area contributed by atoms with Crippen LogP contribution in [0.2, 0.25) is 0 Å². The van der Waals surface area contributed by atoms with Crippen LogP contribution in [-0.2, 0) is 0 Å². The highest BCUT2D eigenvalue weighted by Crippen LogP contribution is 2.55. The van der Waals surface area contributed by atoms with Crippen LogP contribution in [0.1, 0.15) is 19.7 Å². The van der Waals surface area contributed by atoms with Crippen molar-refractivity contribution in [3.05, 3.63) is 152 Å². The van der Waals surface area contributed by atoms with Gasteiger partial charge in [-0.2, -0.15) is 0 Å². The molecule has 8 nitrogen and oxygen atoms in total. The van der Waals surface area contributed by atoms with Gasteiger partial charge in [-0.1, -0.05) is 104 Å². The highest BCUT2D eigenvalue weighted by Gasteiger charge is 2.25. The lowest BCUT2D eigenvalue weighted by molar-refractivity contribution is 0.351. The van der Waals surface area contributed by atoms with Gasteiger partial charge in [0.2, 0.25) is 11.5 Å². The molecule has 3 heterocycles. The molecule has 0 unspecified atom stereocenters. The molecular formula is C47H36N4O4S. The first kappa shape index (κ1) is 35.8. The van der Waals surface area contributed by atoms with E-state index in [-0.39, 0.29) is 10.1 Å². The molecule has 0 aliphatic rings. The maximum atomic E-state index is 10.9. The van der Waals surface area contributed by atoms with Crippen LogP contribution in [0.15, 0.2) is 147 Å². The number of hydrogen-bond acceptors (Lipinski definition) is 8. The fraction of sp³-hybridized carbons (Fsp3) is 0.0426. The molecule has 6 aromatic carbocycles. The predicted molar refractivity (Wildman–Crippen MR) is 231 cm³/mol. The van der Waals surface area contributed by atoms with Gasteiger partial charge in [-0.15, -0.1) is 17.9 Å². The second kappa shape index (κ2) is 14.5. The van der Waals surface area contributed by atoms with Crippen molar-refractivity contribution in [2.75, 3.05) is 0 Å². The first-order valence-corrected chi connectivity index (χ1v) is 18.7. The molecule has 0 bridgehead atoms. The number of phenols is 4. The molecular weight excluding hydrogens is 717 g/mol. The predicted octanol–water partition coefficient (Wildman–Crippen LogP) is 12.0. The van der Waals surface area contributed by atoms with Crippen molar-refractivity contribution in [1.29, 1.82) is 0 Å². The minimum atomic E-state index is -0.751. The van der Waals surface area contributed by atoms with Gasteiger partial charge in [0.05, 0.1) is 21.1 Å². The SMILES string of the molecule is C=C/C(=C\C=C/C)c1nc(-c2ccccc2)nc(-c2ccc(-n3c4ccc5ccccc5c4c4c5sc6c(O)c(O)c(O)c(O)c6c5ccc43)cc2)n1.C=CC. The van der Waals surface area contributed by atoms with Gasteiger partial charge in [-0.3, -0.25) is 0 Å². The number of aromatic nitrogens is 4. The summed E-state index contributed by atoms with van der Waals surface area (Å²) in [6, 6.07) is 34.2. The Morgan fingerprint density at radius 2 is 1.23 bits per heavy atom. The zero-order chi connectivity index (χ0) is 39.1. The summed E-state index contributed by atoms with van der Waals surface area (Å²) in [6.07, 6.45) is 9.29. The van der Waals surface area contributed by atoms with E-state index < -0.39 is 23.0 Å². The third kappa shape index (κ3) is 5.82. The third-order valence-electron chi connectivity index (χ3n) is 9.60. The monoisotopic (exact) mass is 752 g/mol. The van der Waals surface area contributed by atoms with Crippen LogP contribution >= 0.6 is 11.3 Å². The number of hydrogen-bond donors (Lipinski definition) is 4. The van der Waals surface area contributed by atoms with Gasteiger partial charge in [0.25, 0.3) is 0 Å². The van der Waals surface area contributed by atoms with Gasteiger partial charge in [0, 0.05) is 43.2 Å². The number of fused-ring (bicyclic) bond motifs is 9. The van der Waals surface area contributed by atoms with E-state index in [1.165, 1.54) is 11.3 Å². The number of thiophene rings is 1. The molecule has 0 aliphatic carbocycles. The summed E-state index contributed by atoms with van der Waals surface area (Å²) in [4.78, 5) is 14.6. The molecule has 9 aromatic rings. The van der Waals surface area contributed by atoms with E-state index in [4.69, 9.17) is 15.0 Å². The molecule has 9 rings (SSSR count). The smallest absolute Gasteiger partial charge is 0.205 e. The molecule has 4 N–H and O–H groups in total. The van der Waals surface area contributed by atoms with Crippen LogP contribution in [0, 0.1) is 0 Å². The second-order valence-electron chi connectivity index (χ2n) is 13.0. The number of rotatable bonds is 6. The summed E-state index contributed by atoms with van der Waals surface area (Å²) in [5, 5.41) is 47.6. The van der Waals surface area contributed by atoms with E-state index in [0.717, 1.165) is 59.7 Å². The molecule has 0 radical (unpaired) electrons. The molecule has 56 heavy (non-hydrogen) atoms. The molecule has 0 atom stereocenters. The van der Waals surface area contributed by atoms with Crippen LogP contribution in [-0.4, -0.2) is 39.9 Å². The summed E-state index contributed by atoms with van der Waals surface area (Å²) >= 11 is 1.26. The number of allylic oxidation sites excluding steroid dienone is 6. The van der Waals surface area contributed by atoms with Gasteiger partial charge in [-0.25, -0.2) is 15.0 Å². The minimum Gasteiger partial charge on any atom is -0.504 e. The standard InChI is InChI=1S/C44H30N4O4S.C3H6/c1-3-5-11-24(4-2)42-45-43(26-13-7-6-8-14-26)47-44(46-42)27-16-19-28(20-17-27)48-31-22-18-25-12-9-10-15-29(25)33(31)35-32(48)23-21-30-34-36(49)37(50)38(51)39(52)41(34)53-40(30)35;1-3-2/h3-23,49-52H,2H2,1H3;3H,1H2,2H3/b5-3-,24-11+;. The highest BCUT2D eigenvalue weighted by molar-refractivity contribution is 7.27. The number of nitrogens with zero attached hydrogens (tertiary/aromatic N) is 4. The number of phenolic OH excluding ortho intramolecular Hbond substituents is 4. The molecule has 0 spiro atoms. The summed E-state index contributed by atoms with van der Waals surface area (Å²) < 4.78 is 3.29. The fourth-order valence-electron chi connectivity index (χ4n) is 7.09. The maximum absolute atomic E-state index is 10.9. The zero-order valence-electron chi connectivity index (χ0n) is 30.6. The second-order valence-corrected chi connectivity index (χ2v) is 14.1. The van der Waals surface area contributed by atoms with Crippen LogP contribution in [0.4, 0.5) is 0 Å². The Labute approximate surface area is 326 Å².